The molecule has 0 saturated carbocycles. The zero-order valence-electron chi connectivity index (χ0n) is 17.1. The molecule has 4 nitrogen and oxygen atoms in total. The fourth-order valence-electron chi connectivity index (χ4n) is 3.67. The van der Waals surface area contributed by atoms with Gasteiger partial charge in [0.15, 0.2) is 5.78 Å². The molecule has 150 valence electrons. The lowest BCUT2D eigenvalue weighted by Crippen LogP contribution is -2.21. The van der Waals surface area contributed by atoms with Gasteiger partial charge in [-0.2, -0.15) is 0 Å². The highest BCUT2D eigenvalue weighted by Crippen LogP contribution is 2.19. The minimum atomic E-state index is -0.368. The highest BCUT2D eigenvalue weighted by Gasteiger charge is 2.20. The van der Waals surface area contributed by atoms with Crippen molar-refractivity contribution in [1.29, 1.82) is 0 Å². The summed E-state index contributed by atoms with van der Waals surface area (Å²) in [4.78, 5) is 30.9. The smallest absolute Gasteiger partial charge is 0.202 e. The molecule has 0 aliphatic heterocycles. The lowest BCUT2D eigenvalue weighted by molar-refractivity contribution is 0.103. The molecule has 4 rings (SSSR count). The van der Waals surface area contributed by atoms with E-state index < -0.39 is 0 Å². The number of hydrogen-bond donors (Lipinski definition) is 0. The Morgan fingerprint density at radius 2 is 1.77 bits per heavy atom. The standard InChI is InChI=1S/C25H21FN2O2/c1-15-8-10-19(16(2)12-15)23(29)21-14-28(13-18-6-4-5-7-22(18)26)25-20(24(21)30)11-9-17(3)27-25/h4-12,14H,13H2,1-3H3. The quantitative estimate of drug-likeness (QED) is 0.465. The summed E-state index contributed by atoms with van der Waals surface area (Å²) in [7, 11) is 0. The molecular weight excluding hydrogens is 379 g/mol. The SMILES string of the molecule is Cc1ccc(C(=O)c2cn(Cc3ccccc3F)c3nc(C)ccc3c2=O)c(C)c1. The first-order chi connectivity index (χ1) is 14.3. The molecule has 0 aliphatic carbocycles. The fraction of sp³-hybridized carbons (Fsp3) is 0.160. The molecule has 0 atom stereocenters. The van der Waals surface area contributed by atoms with Gasteiger partial charge in [-0.25, -0.2) is 9.37 Å². The summed E-state index contributed by atoms with van der Waals surface area (Å²) in [6.45, 7) is 5.79. The molecule has 0 saturated heterocycles. The maximum absolute atomic E-state index is 14.3. The number of aromatic nitrogens is 2. The first-order valence-electron chi connectivity index (χ1n) is 9.71. The van der Waals surface area contributed by atoms with Crippen molar-refractivity contribution in [1.82, 2.24) is 9.55 Å². The monoisotopic (exact) mass is 400 g/mol. The van der Waals surface area contributed by atoms with Crippen molar-refractivity contribution in [2.24, 2.45) is 0 Å². The van der Waals surface area contributed by atoms with Crippen molar-refractivity contribution in [3.8, 4) is 0 Å². The average molecular weight is 400 g/mol. The molecule has 0 spiro atoms. The summed E-state index contributed by atoms with van der Waals surface area (Å²) in [6, 6.07) is 15.4. The van der Waals surface area contributed by atoms with Crippen molar-refractivity contribution in [2.45, 2.75) is 27.3 Å². The molecule has 0 fully saturated rings. The molecule has 2 aromatic carbocycles. The van der Waals surface area contributed by atoms with Crippen LogP contribution in [0.2, 0.25) is 0 Å². The lowest BCUT2D eigenvalue weighted by atomic mass is 9.97. The summed E-state index contributed by atoms with van der Waals surface area (Å²) >= 11 is 0. The van der Waals surface area contributed by atoms with Crippen LogP contribution in [0, 0.1) is 26.6 Å². The lowest BCUT2D eigenvalue weighted by Gasteiger charge is -2.14. The number of ketones is 1. The number of carbonyl (C=O) groups is 1. The number of nitrogens with zero attached hydrogens (tertiary/aromatic N) is 2. The number of carbonyl (C=O) groups excluding carboxylic acids is 1. The molecule has 0 N–H and O–H groups in total. The predicted molar refractivity (Wildman–Crippen MR) is 116 cm³/mol. The molecule has 4 aromatic rings. The molecule has 2 aromatic heterocycles. The Morgan fingerprint density at radius 1 is 1.00 bits per heavy atom. The maximum Gasteiger partial charge on any atom is 0.202 e. The normalized spacial score (nSPS) is 11.1. The van der Waals surface area contributed by atoms with Crippen LogP contribution in [0.3, 0.4) is 0 Å². The summed E-state index contributed by atoms with van der Waals surface area (Å²) in [5, 5.41) is 0.340. The van der Waals surface area contributed by atoms with E-state index >= 15 is 0 Å². The second-order valence-corrected chi connectivity index (χ2v) is 7.56. The molecule has 0 aliphatic rings. The highest BCUT2D eigenvalue weighted by molar-refractivity contribution is 6.10. The Balaban J connectivity index is 1.94. The van der Waals surface area contributed by atoms with Gasteiger partial charge in [0, 0.05) is 23.0 Å². The van der Waals surface area contributed by atoms with Crippen LogP contribution < -0.4 is 5.43 Å². The third kappa shape index (κ3) is 3.54. The Bertz CT molecular complexity index is 1360. The van der Waals surface area contributed by atoms with Gasteiger partial charge < -0.3 is 4.57 Å². The van der Waals surface area contributed by atoms with Crippen molar-refractivity contribution in [2.75, 3.05) is 0 Å². The third-order valence-corrected chi connectivity index (χ3v) is 5.23. The van der Waals surface area contributed by atoms with Crippen molar-refractivity contribution in [3.05, 3.63) is 110 Å². The van der Waals surface area contributed by atoms with Crippen molar-refractivity contribution < 1.29 is 9.18 Å². The number of benzene rings is 2. The first-order valence-corrected chi connectivity index (χ1v) is 9.71. The number of pyridine rings is 2. The van der Waals surface area contributed by atoms with Gasteiger partial charge in [0.05, 0.1) is 17.5 Å². The molecule has 5 heteroatoms. The van der Waals surface area contributed by atoms with Crippen molar-refractivity contribution >= 4 is 16.8 Å². The number of halogens is 1. The van der Waals surface area contributed by atoms with E-state index in [9.17, 15) is 14.0 Å². The molecule has 30 heavy (non-hydrogen) atoms. The molecule has 2 heterocycles. The molecule has 0 radical (unpaired) electrons. The van der Waals surface area contributed by atoms with E-state index in [0.29, 0.717) is 22.2 Å². The van der Waals surface area contributed by atoms with Gasteiger partial charge >= 0.3 is 0 Å². The van der Waals surface area contributed by atoms with Gasteiger partial charge in [-0.15, -0.1) is 0 Å². The van der Waals surface area contributed by atoms with E-state index in [1.807, 2.05) is 32.9 Å². The largest absolute Gasteiger partial charge is 0.327 e. The Hall–Kier alpha value is -3.60. The number of aryl methyl sites for hydroxylation is 3. The van der Waals surface area contributed by atoms with Crippen LogP contribution in [0.15, 0.2) is 65.6 Å². The highest BCUT2D eigenvalue weighted by atomic mass is 19.1. The second-order valence-electron chi connectivity index (χ2n) is 7.56. The molecular formula is C25H21FN2O2. The molecule has 0 bridgehead atoms. The topological polar surface area (TPSA) is 52.0 Å². The van der Waals surface area contributed by atoms with E-state index in [1.165, 1.54) is 12.3 Å². The summed E-state index contributed by atoms with van der Waals surface area (Å²) in [6.07, 6.45) is 1.51. The van der Waals surface area contributed by atoms with Crippen LogP contribution in [0.4, 0.5) is 4.39 Å². The maximum atomic E-state index is 14.3. The predicted octanol–water partition coefficient (Wildman–Crippen LogP) is 4.74. The fourth-order valence-corrected chi connectivity index (χ4v) is 3.67. The van der Waals surface area contributed by atoms with Crippen LogP contribution in [0.1, 0.15) is 38.3 Å². The van der Waals surface area contributed by atoms with Crippen molar-refractivity contribution in [3.63, 3.8) is 0 Å². The summed E-state index contributed by atoms with van der Waals surface area (Å²) in [5.41, 5.74) is 3.63. The van der Waals surface area contributed by atoms with E-state index in [0.717, 1.165) is 16.8 Å². The van der Waals surface area contributed by atoms with Crippen LogP contribution >= 0.6 is 0 Å². The number of rotatable bonds is 4. The zero-order valence-corrected chi connectivity index (χ0v) is 17.1. The van der Waals surface area contributed by atoms with Gasteiger partial charge in [-0.1, -0.05) is 42.0 Å². The average Bonchev–Trinajstić information content (AvgIpc) is 2.71. The minimum Gasteiger partial charge on any atom is -0.327 e. The van der Waals surface area contributed by atoms with Gasteiger partial charge in [0.1, 0.15) is 11.5 Å². The van der Waals surface area contributed by atoms with Gasteiger partial charge in [0.25, 0.3) is 0 Å². The van der Waals surface area contributed by atoms with E-state index in [-0.39, 0.29) is 29.1 Å². The third-order valence-electron chi connectivity index (χ3n) is 5.23. The van der Waals surface area contributed by atoms with Crippen LogP contribution in [0.25, 0.3) is 11.0 Å². The summed E-state index contributed by atoms with van der Waals surface area (Å²) < 4.78 is 16.0. The van der Waals surface area contributed by atoms with Gasteiger partial charge in [-0.05, 0) is 44.5 Å². The van der Waals surface area contributed by atoms with Gasteiger partial charge in [-0.3, -0.25) is 9.59 Å². The van der Waals surface area contributed by atoms with Gasteiger partial charge in [0.2, 0.25) is 5.43 Å². The van der Waals surface area contributed by atoms with E-state index in [1.54, 1.807) is 41.0 Å². The van der Waals surface area contributed by atoms with E-state index in [2.05, 4.69) is 4.98 Å². The molecule has 0 unspecified atom stereocenters. The summed E-state index contributed by atoms with van der Waals surface area (Å²) in [5.74, 6) is -0.693. The van der Waals surface area contributed by atoms with Crippen LogP contribution in [-0.4, -0.2) is 15.3 Å². The minimum absolute atomic E-state index is 0.0523. The Labute approximate surface area is 173 Å². The Kier molecular flexibility index (Phi) is 5.04. The van der Waals surface area contributed by atoms with Crippen LogP contribution in [-0.2, 0) is 6.54 Å². The number of hydrogen-bond acceptors (Lipinski definition) is 3. The second kappa shape index (κ2) is 7.67. The molecule has 0 amide bonds. The van der Waals surface area contributed by atoms with E-state index in [4.69, 9.17) is 0 Å². The number of fused-ring (bicyclic) bond motifs is 1. The Morgan fingerprint density at radius 3 is 2.50 bits per heavy atom. The zero-order chi connectivity index (χ0) is 21.4. The van der Waals surface area contributed by atoms with Crippen LogP contribution in [0.5, 0.6) is 0 Å². The first kappa shape index (κ1) is 19.7.